The number of halogens is 1. The van der Waals surface area contributed by atoms with E-state index in [0.29, 0.717) is 13.2 Å². The number of nitrogens with one attached hydrogen (secondary N) is 2. The van der Waals surface area contributed by atoms with Crippen LogP contribution >= 0.6 is 22.6 Å². The first-order valence-corrected chi connectivity index (χ1v) is 7.85. The minimum absolute atomic E-state index is 0.617. The Kier molecular flexibility index (Phi) is 6.13. The molecule has 0 fully saturated rings. The van der Waals surface area contributed by atoms with Crippen molar-refractivity contribution in [3.63, 3.8) is 0 Å². The van der Waals surface area contributed by atoms with Gasteiger partial charge in [-0.2, -0.15) is 0 Å². The first-order chi connectivity index (χ1) is 10.2. The van der Waals surface area contributed by atoms with Crippen LogP contribution in [0.2, 0.25) is 0 Å². The van der Waals surface area contributed by atoms with Gasteiger partial charge in [-0.15, -0.1) is 0 Å². The van der Waals surface area contributed by atoms with Crippen LogP contribution in [0.15, 0.2) is 42.5 Å². The third kappa shape index (κ3) is 4.50. The number of rotatable bonds is 7. The van der Waals surface area contributed by atoms with Crippen LogP contribution in [-0.4, -0.2) is 13.7 Å². The van der Waals surface area contributed by atoms with E-state index in [9.17, 15) is 0 Å². The Morgan fingerprint density at radius 3 is 2.57 bits per heavy atom. The number of hydrogen-bond acceptors (Lipinski definition) is 4. The Morgan fingerprint density at radius 2 is 1.90 bits per heavy atom. The van der Waals surface area contributed by atoms with Crippen LogP contribution in [0.4, 0.5) is 5.69 Å². The monoisotopic (exact) mass is 398 g/mol. The number of para-hydroxylation sites is 1. The second-order valence-electron chi connectivity index (χ2n) is 4.39. The highest BCUT2D eigenvalue weighted by Crippen LogP contribution is 2.33. The first-order valence-electron chi connectivity index (χ1n) is 6.77. The molecule has 2 N–H and O–H groups in total. The molecule has 0 radical (unpaired) electrons. The molecule has 0 heterocycles. The maximum atomic E-state index is 5.64. The molecule has 0 unspecified atom stereocenters. The minimum atomic E-state index is 0.617. The summed E-state index contributed by atoms with van der Waals surface area (Å²) in [7, 11) is 1.66. The normalized spacial score (nSPS) is 10.2. The van der Waals surface area contributed by atoms with Gasteiger partial charge in [0.2, 0.25) is 0 Å². The van der Waals surface area contributed by atoms with E-state index >= 15 is 0 Å². The molecule has 112 valence electrons. The predicted octanol–water partition coefficient (Wildman–Crippen LogP) is 3.82. The number of hydrogen-bond donors (Lipinski definition) is 2. The summed E-state index contributed by atoms with van der Waals surface area (Å²) in [4.78, 5) is 0. The highest BCUT2D eigenvalue weighted by molar-refractivity contribution is 14.1. The summed E-state index contributed by atoms with van der Waals surface area (Å²) in [6.07, 6.45) is 0. The fourth-order valence-electron chi connectivity index (χ4n) is 1.95. The van der Waals surface area contributed by atoms with E-state index in [0.717, 1.165) is 26.3 Å². The van der Waals surface area contributed by atoms with Gasteiger partial charge in [0.05, 0.1) is 17.3 Å². The van der Waals surface area contributed by atoms with Gasteiger partial charge in [0.15, 0.2) is 11.5 Å². The summed E-state index contributed by atoms with van der Waals surface area (Å²) in [6.45, 7) is 3.27. The average Bonchev–Trinajstić information content (AvgIpc) is 2.48. The van der Waals surface area contributed by atoms with Gasteiger partial charge in [0.1, 0.15) is 0 Å². The molecule has 0 atom stereocenters. The van der Waals surface area contributed by atoms with Crippen LogP contribution in [-0.2, 0) is 6.54 Å². The van der Waals surface area contributed by atoms with Crippen molar-refractivity contribution in [1.82, 2.24) is 5.43 Å². The highest BCUT2D eigenvalue weighted by Gasteiger charge is 2.10. The van der Waals surface area contributed by atoms with Gasteiger partial charge in [-0.25, -0.2) is 5.43 Å². The summed E-state index contributed by atoms with van der Waals surface area (Å²) < 4.78 is 12.1. The third-order valence-corrected chi connectivity index (χ3v) is 3.67. The highest BCUT2D eigenvalue weighted by atomic mass is 127. The largest absolute Gasteiger partial charge is 0.492 e. The summed E-state index contributed by atoms with van der Waals surface area (Å²) in [5, 5.41) is 0. The van der Waals surface area contributed by atoms with Gasteiger partial charge in [-0.1, -0.05) is 18.2 Å². The number of methoxy groups -OCH3 is 1. The molecular weight excluding hydrogens is 379 g/mol. The zero-order valence-corrected chi connectivity index (χ0v) is 14.3. The van der Waals surface area contributed by atoms with E-state index in [4.69, 9.17) is 9.47 Å². The number of anilines is 1. The second kappa shape index (κ2) is 8.09. The van der Waals surface area contributed by atoms with Gasteiger partial charge < -0.3 is 14.9 Å². The molecule has 2 aromatic rings. The molecule has 0 aliphatic carbocycles. The van der Waals surface area contributed by atoms with Crippen LogP contribution in [0.1, 0.15) is 12.5 Å². The fraction of sp³-hybridized carbons (Fsp3) is 0.250. The van der Waals surface area contributed by atoms with Crippen molar-refractivity contribution in [2.75, 3.05) is 19.1 Å². The molecule has 0 bridgehead atoms. The third-order valence-electron chi connectivity index (χ3n) is 2.87. The Hall–Kier alpha value is -1.47. The van der Waals surface area contributed by atoms with Crippen molar-refractivity contribution in [2.24, 2.45) is 0 Å². The van der Waals surface area contributed by atoms with Crippen molar-refractivity contribution < 1.29 is 9.47 Å². The van der Waals surface area contributed by atoms with Gasteiger partial charge in [-0.05, 0) is 59.3 Å². The summed E-state index contributed by atoms with van der Waals surface area (Å²) in [5.74, 6) is 1.57. The SMILES string of the molecule is CCOc1cc(CNNc2ccccc2)cc(I)c1OC. The molecule has 21 heavy (non-hydrogen) atoms. The second-order valence-corrected chi connectivity index (χ2v) is 5.55. The van der Waals surface area contributed by atoms with E-state index in [2.05, 4.69) is 39.5 Å². The van der Waals surface area contributed by atoms with Crippen LogP contribution < -0.4 is 20.3 Å². The van der Waals surface area contributed by atoms with Crippen LogP contribution in [0.25, 0.3) is 0 Å². The molecule has 0 aromatic heterocycles. The lowest BCUT2D eigenvalue weighted by molar-refractivity contribution is 0.309. The van der Waals surface area contributed by atoms with E-state index in [1.54, 1.807) is 7.11 Å². The number of hydrazine groups is 1. The molecule has 2 rings (SSSR count). The van der Waals surface area contributed by atoms with E-state index < -0.39 is 0 Å². The van der Waals surface area contributed by atoms with Crippen molar-refractivity contribution in [2.45, 2.75) is 13.5 Å². The van der Waals surface area contributed by atoms with Crippen LogP contribution in [0, 0.1) is 3.57 Å². The lowest BCUT2D eigenvalue weighted by Crippen LogP contribution is -2.20. The number of benzene rings is 2. The smallest absolute Gasteiger partial charge is 0.174 e. The van der Waals surface area contributed by atoms with E-state index in [1.165, 1.54) is 0 Å². The van der Waals surface area contributed by atoms with E-state index in [-0.39, 0.29) is 0 Å². The maximum Gasteiger partial charge on any atom is 0.174 e. The van der Waals surface area contributed by atoms with Gasteiger partial charge >= 0.3 is 0 Å². The maximum absolute atomic E-state index is 5.64. The Bertz CT molecular complexity index is 576. The Labute approximate surface area is 139 Å². The van der Waals surface area contributed by atoms with Gasteiger partial charge in [0.25, 0.3) is 0 Å². The molecule has 0 saturated heterocycles. The first kappa shape index (κ1) is 15.9. The molecular formula is C16H19IN2O2. The Balaban J connectivity index is 2.03. The Morgan fingerprint density at radius 1 is 1.14 bits per heavy atom. The van der Waals surface area contributed by atoms with Crippen LogP contribution in [0.5, 0.6) is 11.5 Å². The van der Waals surface area contributed by atoms with Crippen molar-refractivity contribution in [3.8, 4) is 11.5 Å². The zero-order chi connectivity index (χ0) is 15.1. The molecule has 0 aliphatic rings. The molecule has 0 saturated carbocycles. The standard InChI is InChI=1S/C16H19IN2O2/c1-3-21-15-10-12(9-14(17)16(15)20-2)11-18-19-13-7-5-4-6-8-13/h4-10,18-19H,3,11H2,1-2H3. The summed E-state index contributed by atoms with van der Waals surface area (Å²) in [5.41, 5.74) is 8.54. The fourth-order valence-corrected chi connectivity index (χ4v) is 2.84. The minimum Gasteiger partial charge on any atom is -0.492 e. The number of ether oxygens (including phenoxy) is 2. The van der Waals surface area contributed by atoms with Gasteiger partial charge in [-0.3, -0.25) is 0 Å². The average molecular weight is 398 g/mol. The lowest BCUT2D eigenvalue weighted by Gasteiger charge is -2.14. The van der Waals surface area contributed by atoms with E-state index in [1.807, 2.05) is 43.3 Å². The zero-order valence-electron chi connectivity index (χ0n) is 12.2. The molecule has 5 heteroatoms. The van der Waals surface area contributed by atoms with Gasteiger partial charge in [0, 0.05) is 12.2 Å². The lowest BCUT2D eigenvalue weighted by atomic mass is 10.2. The van der Waals surface area contributed by atoms with Crippen molar-refractivity contribution in [3.05, 3.63) is 51.6 Å². The summed E-state index contributed by atoms with van der Waals surface area (Å²) in [6, 6.07) is 14.1. The molecule has 2 aromatic carbocycles. The molecule has 0 spiro atoms. The topological polar surface area (TPSA) is 42.5 Å². The predicted molar refractivity (Wildman–Crippen MR) is 93.8 cm³/mol. The molecule has 0 amide bonds. The van der Waals surface area contributed by atoms with Crippen molar-refractivity contribution in [1.29, 1.82) is 0 Å². The molecule has 0 aliphatic heterocycles. The quantitative estimate of drug-likeness (QED) is 0.550. The van der Waals surface area contributed by atoms with Crippen molar-refractivity contribution >= 4 is 28.3 Å². The summed E-state index contributed by atoms with van der Waals surface area (Å²) >= 11 is 2.26. The molecule has 4 nitrogen and oxygen atoms in total. The van der Waals surface area contributed by atoms with Crippen LogP contribution in [0.3, 0.4) is 0 Å².